The normalized spacial score (nSPS) is 24.3. The van der Waals surface area contributed by atoms with Crippen molar-refractivity contribution in [3.8, 4) is 11.5 Å². The molecule has 6 atom stereocenters. The summed E-state index contributed by atoms with van der Waals surface area (Å²) in [6, 6.07) is 31.9. The van der Waals surface area contributed by atoms with Crippen LogP contribution in [0, 0.1) is 5.92 Å². The molecule has 4 aromatic carbocycles. The van der Waals surface area contributed by atoms with E-state index in [0.717, 1.165) is 41.7 Å². The van der Waals surface area contributed by atoms with Crippen molar-refractivity contribution >= 4 is 23.3 Å². The average Bonchev–Trinajstić information content (AvgIpc) is 3.18. The summed E-state index contributed by atoms with van der Waals surface area (Å²) in [7, 11) is 0. The first-order valence-electron chi connectivity index (χ1n) is 19.7. The van der Waals surface area contributed by atoms with Crippen molar-refractivity contribution in [3.63, 3.8) is 0 Å². The highest BCUT2D eigenvalue weighted by molar-refractivity contribution is 5.99. The smallest absolute Gasteiger partial charge is 0.323 e. The van der Waals surface area contributed by atoms with Gasteiger partial charge in [0.25, 0.3) is 0 Å². The Morgan fingerprint density at radius 3 is 2.25 bits per heavy atom. The first-order chi connectivity index (χ1) is 26.6. The minimum Gasteiger partial charge on any atom is -0.457 e. The van der Waals surface area contributed by atoms with Crippen LogP contribution in [0.15, 0.2) is 103 Å². The molecule has 10 nitrogen and oxygen atoms in total. The molecule has 3 fully saturated rings. The standard InChI is InChI=1S/C45H54N4O6/c1-45(2,3)48-42(51)40-25-20-31-10-7-8-15-39(31)49(40)28-38-27-41(32-18-16-30(29-50)17-19-32)55-43(54-38)33-11-9-12-35(26-33)47-44(52)46-34-21-23-37(24-22-34)53-36-13-5-4-6-14-36/h4-6,9,11-14,16-19,21-24,26,31,38-41,43,50H,7-8,10,15,20,25,27-29H2,1-3H3,(H,48,51)(H2,46,47,52)/t31-,38-,39-,40-,41+,43+/m1/s1. The molecule has 55 heavy (non-hydrogen) atoms. The minimum absolute atomic E-state index is 0.0307. The molecule has 2 aliphatic heterocycles. The zero-order valence-corrected chi connectivity index (χ0v) is 32.1. The summed E-state index contributed by atoms with van der Waals surface area (Å²) in [5.41, 5.74) is 3.51. The molecule has 0 spiro atoms. The number of fused-ring (bicyclic) bond motifs is 1. The van der Waals surface area contributed by atoms with Crippen molar-refractivity contribution in [1.29, 1.82) is 0 Å². The fraction of sp³-hybridized carbons (Fsp3) is 0.422. The number of urea groups is 1. The lowest BCUT2D eigenvalue weighted by Crippen LogP contribution is -2.61. The summed E-state index contributed by atoms with van der Waals surface area (Å²) in [5, 5.41) is 18.8. The van der Waals surface area contributed by atoms with Crippen molar-refractivity contribution in [2.45, 2.75) is 108 Å². The Labute approximate surface area is 324 Å². The number of aliphatic hydroxyl groups excluding tert-OH is 1. The Bertz CT molecular complexity index is 1880. The van der Waals surface area contributed by atoms with Gasteiger partial charge in [0.05, 0.1) is 24.9 Å². The number of likely N-dealkylation sites (tertiary alicyclic amines) is 1. The molecule has 7 rings (SSSR count). The van der Waals surface area contributed by atoms with Crippen LogP contribution < -0.4 is 20.7 Å². The zero-order valence-electron chi connectivity index (χ0n) is 32.1. The molecule has 290 valence electrons. The summed E-state index contributed by atoms with van der Waals surface area (Å²) in [6.07, 6.45) is 6.02. The molecule has 10 heteroatoms. The van der Waals surface area contributed by atoms with E-state index in [1.54, 1.807) is 12.1 Å². The van der Waals surface area contributed by atoms with Gasteiger partial charge in [-0.05, 0) is 112 Å². The van der Waals surface area contributed by atoms with Crippen LogP contribution in [0.3, 0.4) is 0 Å². The molecule has 1 saturated carbocycles. The van der Waals surface area contributed by atoms with E-state index < -0.39 is 6.29 Å². The third-order valence-corrected chi connectivity index (χ3v) is 10.8. The van der Waals surface area contributed by atoms with Crippen LogP contribution in [0.25, 0.3) is 0 Å². The number of nitrogens with one attached hydrogen (secondary N) is 3. The van der Waals surface area contributed by atoms with Gasteiger partial charge >= 0.3 is 6.03 Å². The fourth-order valence-corrected chi connectivity index (χ4v) is 8.28. The van der Waals surface area contributed by atoms with Gasteiger partial charge in [-0.3, -0.25) is 9.69 Å². The summed E-state index contributed by atoms with van der Waals surface area (Å²) < 4.78 is 19.4. The number of nitrogens with zero attached hydrogens (tertiary/aromatic N) is 1. The van der Waals surface area contributed by atoms with Crippen LogP contribution in [-0.2, 0) is 20.9 Å². The maximum absolute atomic E-state index is 13.8. The average molecular weight is 747 g/mol. The molecular formula is C45H54N4O6. The topological polar surface area (TPSA) is 121 Å². The molecule has 0 aromatic heterocycles. The molecule has 2 saturated heterocycles. The number of benzene rings is 4. The van der Waals surface area contributed by atoms with E-state index in [2.05, 4.69) is 20.9 Å². The molecule has 0 radical (unpaired) electrons. The second kappa shape index (κ2) is 17.4. The van der Waals surface area contributed by atoms with Gasteiger partial charge in [0.2, 0.25) is 5.91 Å². The van der Waals surface area contributed by atoms with Crippen molar-refractivity contribution in [3.05, 3.63) is 120 Å². The number of rotatable bonds is 10. The van der Waals surface area contributed by atoms with Crippen molar-refractivity contribution in [1.82, 2.24) is 10.2 Å². The van der Waals surface area contributed by atoms with Gasteiger partial charge in [0, 0.05) is 41.5 Å². The molecular weight excluding hydrogens is 693 g/mol. The van der Waals surface area contributed by atoms with Crippen LogP contribution in [0.2, 0.25) is 0 Å². The van der Waals surface area contributed by atoms with Gasteiger partial charge < -0.3 is 35.3 Å². The SMILES string of the molecule is CC(C)(C)NC(=O)[C@H]1CC[C@H]2CCCC[C@H]2N1C[C@H]1C[C@@H](c2ccc(CO)cc2)O[C@@H](c2cccc(NC(=O)Nc3ccc(Oc4ccccc4)cc3)c2)O1. The Balaban J connectivity index is 1.08. The van der Waals surface area contributed by atoms with Gasteiger partial charge in [-0.2, -0.15) is 0 Å². The molecule has 0 bridgehead atoms. The van der Waals surface area contributed by atoms with E-state index in [4.69, 9.17) is 14.2 Å². The third-order valence-electron chi connectivity index (χ3n) is 10.8. The number of carbonyl (C=O) groups excluding carboxylic acids is 2. The van der Waals surface area contributed by atoms with Crippen LogP contribution in [0.4, 0.5) is 16.2 Å². The quantitative estimate of drug-likeness (QED) is 0.128. The molecule has 2 heterocycles. The Morgan fingerprint density at radius 1 is 0.782 bits per heavy atom. The van der Waals surface area contributed by atoms with Gasteiger partial charge in [0.15, 0.2) is 6.29 Å². The van der Waals surface area contributed by atoms with Gasteiger partial charge in [-0.1, -0.05) is 67.4 Å². The number of para-hydroxylation sites is 1. The number of ether oxygens (including phenoxy) is 3. The number of piperidine rings is 1. The van der Waals surface area contributed by atoms with E-state index >= 15 is 0 Å². The number of hydrogen-bond acceptors (Lipinski definition) is 7. The molecule has 1 aliphatic carbocycles. The van der Waals surface area contributed by atoms with Crippen molar-refractivity contribution in [2.75, 3.05) is 17.2 Å². The maximum Gasteiger partial charge on any atom is 0.323 e. The summed E-state index contributed by atoms with van der Waals surface area (Å²) in [5.74, 6) is 2.08. The predicted molar refractivity (Wildman–Crippen MR) is 214 cm³/mol. The number of anilines is 2. The van der Waals surface area contributed by atoms with E-state index in [-0.39, 0.29) is 42.3 Å². The van der Waals surface area contributed by atoms with Crippen LogP contribution in [-0.4, -0.2) is 52.2 Å². The van der Waals surface area contributed by atoms with Gasteiger partial charge in [0.1, 0.15) is 11.5 Å². The maximum atomic E-state index is 13.8. The molecule has 0 unspecified atom stereocenters. The van der Waals surface area contributed by atoms with Crippen LogP contribution in [0.5, 0.6) is 11.5 Å². The Morgan fingerprint density at radius 2 is 1.51 bits per heavy atom. The lowest BCUT2D eigenvalue weighted by molar-refractivity contribution is -0.255. The van der Waals surface area contributed by atoms with E-state index in [0.29, 0.717) is 42.0 Å². The first kappa shape index (κ1) is 38.5. The predicted octanol–water partition coefficient (Wildman–Crippen LogP) is 9.10. The van der Waals surface area contributed by atoms with Crippen LogP contribution >= 0.6 is 0 Å². The lowest BCUT2D eigenvalue weighted by atomic mass is 9.75. The highest BCUT2D eigenvalue weighted by Crippen LogP contribution is 2.42. The van der Waals surface area contributed by atoms with E-state index in [1.165, 1.54) is 19.3 Å². The second-order valence-electron chi connectivity index (χ2n) is 16.1. The van der Waals surface area contributed by atoms with Gasteiger partial charge in [-0.25, -0.2) is 4.79 Å². The molecule has 3 amide bonds. The molecule has 4 aromatic rings. The largest absolute Gasteiger partial charge is 0.457 e. The summed E-state index contributed by atoms with van der Waals surface area (Å²) in [4.78, 5) is 29.4. The highest BCUT2D eigenvalue weighted by atomic mass is 16.7. The zero-order chi connectivity index (χ0) is 38.4. The van der Waals surface area contributed by atoms with Crippen molar-refractivity contribution in [2.24, 2.45) is 5.92 Å². The van der Waals surface area contributed by atoms with Gasteiger partial charge in [-0.15, -0.1) is 0 Å². The monoisotopic (exact) mass is 746 g/mol. The van der Waals surface area contributed by atoms with Crippen LogP contribution in [0.1, 0.15) is 94.8 Å². The Kier molecular flexibility index (Phi) is 12.2. The fourth-order valence-electron chi connectivity index (χ4n) is 8.28. The lowest BCUT2D eigenvalue weighted by Gasteiger charge is -2.50. The minimum atomic E-state index is -0.711. The summed E-state index contributed by atoms with van der Waals surface area (Å²) >= 11 is 0. The highest BCUT2D eigenvalue weighted by Gasteiger charge is 2.44. The first-order valence-corrected chi connectivity index (χ1v) is 19.7. The number of aliphatic hydroxyl groups is 1. The second-order valence-corrected chi connectivity index (χ2v) is 16.1. The Hall–Kier alpha value is -4.74. The number of carbonyl (C=O) groups is 2. The number of hydrogen-bond donors (Lipinski definition) is 4. The van der Waals surface area contributed by atoms with E-state index in [9.17, 15) is 14.7 Å². The summed E-state index contributed by atoms with van der Waals surface area (Å²) in [6.45, 7) is 6.69. The molecule has 3 aliphatic rings. The third kappa shape index (κ3) is 10.1. The van der Waals surface area contributed by atoms with Crippen molar-refractivity contribution < 1.29 is 28.9 Å². The number of amides is 3. The molecule has 4 N–H and O–H groups in total. The van der Waals surface area contributed by atoms with E-state index in [1.807, 2.05) is 112 Å².